The van der Waals surface area contributed by atoms with Crippen LogP contribution in [-0.4, -0.2) is 22.9 Å². The molecule has 0 aliphatic heterocycles. The van der Waals surface area contributed by atoms with Gasteiger partial charge in [0, 0.05) is 36.3 Å². The van der Waals surface area contributed by atoms with Crippen molar-refractivity contribution in [3.63, 3.8) is 0 Å². The average Bonchev–Trinajstić information content (AvgIpc) is 3.01. The molecule has 6 heteroatoms. The van der Waals surface area contributed by atoms with Gasteiger partial charge in [-0.2, -0.15) is 0 Å². The van der Waals surface area contributed by atoms with Crippen molar-refractivity contribution in [2.45, 2.75) is 13.3 Å². The Bertz CT molecular complexity index is 1050. The Hall–Kier alpha value is -3.05. The predicted molar refractivity (Wildman–Crippen MR) is 113 cm³/mol. The van der Waals surface area contributed by atoms with E-state index in [1.807, 2.05) is 49.0 Å². The number of amides is 2. The zero-order valence-electron chi connectivity index (χ0n) is 15.8. The molecule has 0 atom stereocenters. The van der Waals surface area contributed by atoms with Gasteiger partial charge in [0.15, 0.2) is 0 Å². The molecule has 0 saturated heterocycles. The first-order valence-corrected chi connectivity index (χ1v) is 9.49. The third-order valence-electron chi connectivity index (χ3n) is 4.37. The highest BCUT2D eigenvalue weighted by molar-refractivity contribution is 6.34. The van der Waals surface area contributed by atoms with Gasteiger partial charge in [0.1, 0.15) is 5.70 Å². The van der Waals surface area contributed by atoms with Crippen LogP contribution in [0.15, 0.2) is 60.4 Å². The fourth-order valence-corrected chi connectivity index (χ4v) is 3.19. The standard InChI is InChI=1S/C22H22ClN3O2/c1-3-12-24-22(28)19(25-21(27)17-9-4-6-10-18(17)23)13-15-14-26(2)20-11-7-5-8-16(15)20/h4-11,13-14H,3,12H2,1-2H3,(H,24,28)(H,25,27)/b19-13-. The highest BCUT2D eigenvalue weighted by Gasteiger charge is 2.17. The number of aryl methyl sites for hydroxylation is 1. The van der Waals surface area contributed by atoms with Gasteiger partial charge < -0.3 is 15.2 Å². The number of nitrogens with zero attached hydrogens (tertiary/aromatic N) is 1. The molecular formula is C22H22ClN3O2. The van der Waals surface area contributed by atoms with Gasteiger partial charge in [-0.3, -0.25) is 9.59 Å². The van der Waals surface area contributed by atoms with E-state index in [4.69, 9.17) is 11.6 Å². The SMILES string of the molecule is CCCNC(=O)/C(=C/c1cn(C)c2ccccc12)NC(=O)c1ccccc1Cl. The quantitative estimate of drug-likeness (QED) is 0.616. The Morgan fingerprint density at radius 1 is 1.11 bits per heavy atom. The summed E-state index contributed by atoms with van der Waals surface area (Å²) in [6, 6.07) is 14.6. The molecule has 2 aromatic carbocycles. The van der Waals surface area contributed by atoms with E-state index in [9.17, 15) is 9.59 Å². The Labute approximate surface area is 169 Å². The Balaban J connectivity index is 1.99. The van der Waals surface area contributed by atoms with E-state index in [2.05, 4.69) is 10.6 Å². The highest BCUT2D eigenvalue weighted by atomic mass is 35.5. The van der Waals surface area contributed by atoms with Gasteiger partial charge in [-0.15, -0.1) is 0 Å². The second kappa shape index (κ2) is 8.76. The number of halogens is 1. The van der Waals surface area contributed by atoms with E-state index in [-0.39, 0.29) is 11.6 Å². The minimum Gasteiger partial charge on any atom is -0.351 e. The molecule has 3 rings (SSSR count). The second-order valence-electron chi connectivity index (χ2n) is 6.46. The van der Waals surface area contributed by atoms with Crippen LogP contribution in [0.2, 0.25) is 5.02 Å². The number of benzene rings is 2. The van der Waals surface area contributed by atoms with Crippen molar-refractivity contribution in [1.82, 2.24) is 15.2 Å². The first-order valence-electron chi connectivity index (χ1n) is 9.11. The van der Waals surface area contributed by atoms with Crippen molar-refractivity contribution in [2.24, 2.45) is 7.05 Å². The zero-order valence-corrected chi connectivity index (χ0v) is 16.6. The van der Waals surface area contributed by atoms with E-state index in [0.717, 1.165) is 22.9 Å². The van der Waals surface area contributed by atoms with Gasteiger partial charge >= 0.3 is 0 Å². The number of carbonyl (C=O) groups is 2. The molecule has 1 heterocycles. The molecule has 0 aliphatic rings. The van der Waals surface area contributed by atoms with Crippen LogP contribution in [0.25, 0.3) is 17.0 Å². The van der Waals surface area contributed by atoms with E-state index < -0.39 is 5.91 Å². The number of hydrogen-bond donors (Lipinski definition) is 2. The number of hydrogen-bond acceptors (Lipinski definition) is 2. The van der Waals surface area contributed by atoms with Crippen LogP contribution in [-0.2, 0) is 11.8 Å². The van der Waals surface area contributed by atoms with Gasteiger partial charge in [0.05, 0.1) is 10.6 Å². The van der Waals surface area contributed by atoms with Crippen LogP contribution < -0.4 is 10.6 Å². The van der Waals surface area contributed by atoms with Crippen molar-refractivity contribution in [3.8, 4) is 0 Å². The normalized spacial score (nSPS) is 11.5. The summed E-state index contributed by atoms with van der Waals surface area (Å²) in [6.07, 6.45) is 4.42. The van der Waals surface area contributed by atoms with Crippen LogP contribution in [0.4, 0.5) is 0 Å². The lowest BCUT2D eigenvalue weighted by molar-refractivity contribution is -0.117. The van der Waals surface area contributed by atoms with Crippen molar-refractivity contribution in [1.29, 1.82) is 0 Å². The maximum Gasteiger partial charge on any atom is 0.267 e. The number of rotatable bonds is 6. The van der Waals surface area contributed by atoms with Crippen LogP contribution in [0, 0.1) is 0 Å². The minimum atomic E-state index is -0.427. The fourth-order valence-electron chi connectivity index (χ4n) is 2.97. The number of fused-ring (bicyclic) bond motifs is 1. The molecule has 0 aliphatic carbocycles. The van der Waals surface area contributed by atoms with Crippen molar-refractivity contribution in [3.05, 3.63) is 76.6 Å². The molecule has 0 spiro atoms. The molecular weight excluding hydrogens is 374 g/mol. The summed E-state index contributed by atoms with van der Waals surface area (Å²) >= 11 is 6.12. The van der Waals surface area contributed by atoms with Crippen molar-refractivity contribution >= 4 is 40.4 Å². The van der Waals surface area contributed by atoms with Crippen LogP contribution >= 0.6 is 11.6 Å². The van der Waals surface area contributed by atoms with E-state index in [0.29, 0.717) is 17.1 Å². The third kappa shape index (κ3) is 4.26. The maximum absolute atomic E-state index is 12.7. The topological polar surface area (TPSA) is 63.1 Å². The molecule has 2 N–H and O–H groups in total. The van der Waals surface area contributed by atoms with Gasteiger partial charge in [-0.1, -0.05) is 48.9 Å². The minimum absolute atomic E-state index is 0.176. The summed E-state index contributed by atoms with van der Waals surface area (Å²) < 4.78 is 1.98. The van der Waals surface area contributed by atoms with Gasteiger partial charge in [0.2, 0.25) is 0 Å². The van der Waals surface area contributed by atoms with Crippen molar-refractivity contribution < 1.29 is 9.59 Å². The average molecular weight is 396 g/mol. The Kier molecular flexibility index (Phi) is 6.16. The summed E-state index contributed by atoms with van der Waals surface area (Å²) in [5.41, 5.74) is 2.38. The van der Waals surface area contributed by atoms with Gasteiger partial charge in [0.25, 0.3) is 11.8 Å². The molecule has 2 amide bonds. The monoisotopic (exact) mass is 395 g/mol. The number of aromatic nitrogens is 1. The molecule has 0 saturated carbocycles. The molecule has 3 aromatic rings. The second-order valence-corrected chi connectivity index (χ2v) is 6.87. The fraction of sp³-hybridized carbons (Fsp3) is 0.182. The predicted octanol–water partition coefficient (Wildman–Crippen LogP) is 4.13. The van der Waals surface area contributed by atoms with Gasteiger partial charge in [-0.25, -0.2) is 0 Å². The van der Waals surface area contributed by atoms with Crippen molar-refractivity contribution in [2.75, 3.05) is 6.54 Å². The molecule has 144 valence electrons. The zero-order chi connectivity index (χ0) is 20.1. The first kappa shape index (κ1) is 19.7. The van der Waals surface area contributed by atoms with E-state index >= 15 is 0 Å². The first-order chi connectivity index (χ1) is 13.5. The summed E-state index contributed by atoms with van der Waals surface area (Å²) in [5.74, 6) is -0.765. The number of nitrogens with one attached hydrogen (secondary N) is 2. The molecule has 0 radical (unpaired) electrons. The summed E-state index contributed by atoms with van der Waals surface area (Å²) in [7, 11) is 1.94. The lowest BCUT2D eigenvalue weighted by atomic mass is 10.1. The van der Waals surface area contributed by atoms with Gasteiger partial charge in [-0.05, 0) is 30.7 Å². The van der Waals surface area contributed by atoms with E-state index in [1.54, 1.807) is 30.3 Å². The van der Waals surface area contributed by atoms with E-state index in [1.165, 1.54) is 0 Å². The van der Waals surface area contributed by atoms with Crippen LogP contribution in [0.5, 0.6) is 0 Å². The molecule has 0 unspecified atom stereocenters. The molecule has 5 nitrogen and oxygen atoms in total. The maximum atomic E-state index is 12.7. The Morgan fingerprint density at radius 2 is 1.82 bits per heavy atom. The molecule has 0 fully saturated rings. The van der Waals surface area contributed by atoms with Crippen LogP contribution in [0.1, 0.15) is 29.3 Å². The lowest BCUT2D eigenvalue weighted by Gasteiger charge is -2.11. The lowest BCUT2D eigenvalue weighted by Crippen LogP contribution is -2.35. The summed E-state index contributed by atoms with van der Waals surface area (Å²) in [4.78, 5) is 25.4. The summed E-state index contributed by atoms with van der Waals surface area (Å²) in [6.45, 7) is 2.49. The molecule has 28 heavy (non-hydrogen) atoms. The molecule has 0 bridgehead atoms. The highest BCUT2D eigenvalue weighted by Crippen LogP contribution is 2.22. The molecule has 1 aromatic heterocycles. The number of carbonyl (C=O) groups excluding carboxylic acids is 2. The smallest absolute Gasteiger partial charge is 0.267 e. The number of para-hydroxylation sites is 1. The van der Waals surface area contributed by atoms with Crippen LogP contribution in [0.3, 0.4) is 0 Å². The Morgan fingerprint density at radius 3 is 2.57 bits per heavy atom. The largest absolute Gasteiger partial charge is 0.351 e. The third-order valence-corrected chi connectivity index (χ3v) is 4.70. The summed E-state index contributed by atoms with van der Waals surface area (Å²) in [5, 5.41) is 6.87.